The number of anilines is 1. The largest absolute Gasteiger partial charge is 0.478 e. The number of aromatic carboxylic acids is 1. The van der Waals surface area contributed by atoms with Gasteiger partial charge in [0.25, 0.3) is 5.91 Å². The lowest BCUT2D eigenvalue weighted by molar-refractivity contribution is -0.135. The predicted octanol–water partition coefficient (Wildman–Crippen LogP) is -0.0379. The molecule has 0 aliphatic heterocycles. The number of carboxylic acids is 1. The summed E-state index contributed by atoms with van der Waals surface area (Å²) in [7, 11) is 1.17. The minimum Gasteiger partial charge on any atom is -0.478 e. The van der Waals surface area contributed by atoms with Crippen LogP contribution in [-0.2, 0) is 14.3 Å². The van der Waals surface area contributed by atoms with Crippen LogP contribution in [0.3, 0.4) is 0 Å². The van der Waals surface area contributed by atoms with E-state index in [1.807, 2.05) is 0 Å². The molecular weight excluding hydrogens is 292 g/mol. The molecule has 0 aliphatic carbocycles. The number of benzene rings is 1. The van der Waals surface area contributed by atoms with E-state index < -0.39 is 17.8 Å². The maximum Gasteiger partial charge on any atom is 0.335 e. The molecule has 8 nitrogen and oxygen atoms in total. The number of esters is 1. The van der Waals surface area contributed by atoms with Crippen LogP contribution in [0, 0.1) is 0 Å². The average molecular weight is 308 g/mol. The van der Waals surface area contributed by atoms with Gasteiger partial charge in [0.15, 0.2) is 0 Å². The first-order valence-corrected chi connectivity index (χ1v) is 6.27. The second-order valence-corrected chi connectivity index (χ2v) is 4.07. The van der Waals surface area contributed by atoms with Crippen LogP contribution in [0.1, 0.15) is 10.4 Å². The summed E-state index contributed by atoms with van der Waals surface area (Å²) in [6.45, 7) is -0.221. The highest BCUT2D eigenvalue weighted by Gasteiger charge is 2.12. The molecule has 0 radical (unpaired) electrons. The van der Waals surface area contributed by atoms with Gasteiger partial charge >= 0.3 is 11.9 Å². The molecular formula is C14H16N2O6. The molecule has 0 spiro atoms. The minimum atomic E-state index is -1.07. The third-order valence-corrected chi connectivity index (χ3v) is 2.52. The summed E-state index contributed by atoms with van der Waals surface area (Å²) < 4.78 is 4.46. The summed E-state index contributed by atoms with van der Waals surface area (Å²) in [5.41, 5.74) is 0.413. The SMILES string of the molecule is COC(=O)/C=C(\Nc1ccc(C(=O)O)cc1)C(=O)NCCO. The van der Waals surface area contributed by atoms with E-state index >= 15 is 0 Å². The lowest BCUT2D eigenvalue weighted by atomic mass is 10.2. The number of carboxylic acid groups (broad SMARTS) is 1. The van der Waals surface area contributed by atoms with Crippen molar-refractivity contribution in [3.8, 4) is 0 Å². The number of carbonyl (C=O) groups is 3. The van der Waals surface area contributed by atoms with Gasteiger partial charge in [0.2, 0.25) is 0 Å². The van der Waals surface area contributed by atoms with Gasteiger partial charge in [-0.05, 0) is 24.3 Å². The zero-order chi connectivity index (χ0) is 16.5. The molecule has 0 saturated carbocycles. The molecule has 118 valence electrons. The fourth-order valence-electron chi connectivity index (χ4n) is 1.45. The van der Waals surface area contributed by atoms with Crippen LogP contribution in [-0.4, -0.2) is 48.3 Å². The van der Waals surface area contributed by atoms with Crippen LogP contribution >= 0.6 is 0 Å². The number of hydrogen-bond acceptors (Lipinski definition) is 6. The van der Waals surface area contributed by atoms with Crippen LogP contribution in [0.15, 0.2) is 36.0 Å². The Bertz CT molecular complexity index is 580. The van der Waals surface area contributed by atoms with E-state index in [4.69, 9.17) is 10.2 Å². The van der Waals surface area contributed by atoms with Crippen molar-refractivity contribution in [2.75, 3.05) is 25.6 Å². The van der Waals surface area contributed by atoms with Gasteiger partial charge in [-0.15, -0.1) is 0 Å². The molecule has 4 N–H and O–H groups in total. The number of aliphatic hydroxyl groups excluding tert-OH is 1. The Morgan fingerprint density at radius 1 is 1.23 bits per heavy atom. The van der Waals surface area contributed by atoms with Crippen molar-refractivity contribution in [2.45, 2.75) is 0 Å². The Labute approximate surface area is 126 Å². The van der Waals surface area contributed by atoms with Gasteiger partial charge in [0, 0.05) is 12.2 Å². The molecule has 8 heteroatoms. The summed E-state index contributed by atoms with van der Waals surface area (Å²) in [5, 5.41) is 22.6. The number of nitrogens with one attached hydrogen (secondary N) is 2. The zero-order valence-corrected chi connectivity index (χ0v) is 11.8. The summed E-state index contributed by atoms with van der Waals surface area (Å²) in [4.78, 5) is 33.9. The molecule has 0 atom stereocenters. The van der Waals surface area contributed by atoms with Crippen molar-refractivity contribution in [1.29, 1.82) is 0 Å². The van der Waals surface area contributed by atoms with Crippen molar-refractivity contribution >= 4 is 23.5 Å². The number of hydrogen-bond donors (Lipinski definition) is 4. The van der Waals surface area contributed by atoms with Crippen LogP contribution in [0.25, 0.3) is 0 Å². The highest BCUT2D eigenvalue weighted by molar-refractivity contribution is 6.01. The Morgan fingerprint density at radius 3 is 2.36 bits per heavy atom. The standard InChI is InChI=1S/C14H16N2O6/c1-22-12(18)8-11(13(19)15-6-7-17)16-10-4-2-9(3-5-10)14(20)21/h2-5,8,16-17H,6-7H2,1H3,(H,15,19)(H,20,21)/b11-8-. The Balaban J connectivity index is 2.92. The molecule has 0 unspecified atom stereocenters. The van der Waals surface area contributed by atoms with Gasteiger partial charge in [0.05, 0.1) is 25.4 Å². The van der Waals surface area contributed by atoms with E-state index in [9.17, 15) is 14.4 Å². The first-order valence-electron chi connectivity index (χ1n) is 6.27. The topological polar surface area (TPSA) is 125 Å². The number of carbonyl (C=O) groups excluding carboxylic acids is 2. The number of ether oxygens (including phenoxy) is 1. The normalized spacial score (nSPS) is 10.7. The smallest absolute Gasteiger partial charge is 0.335 e. The molecule has 22 heavy (non-hydrogen) atoms. The molecule has 1 aromatic carbocycles. The summed E-state index contributed by atoms with van der Waals surface area (Å²) in [6, 6.07) is 5.61. The molecule has 0 aliphatic rings. The van der Waals surface area contributed by atoms with E-state index in [2.05, 4.69) is 15.4 Å². The average Bonchev–Trinajstić information content (AvgIpc) is 2.52. The molecule has 0 saturated heterocycles. The third-order valence-electron chi connectivity index (χ3n) is 2.52. The van der Waals surface area contributed by atoms with Gasteiger partial charge in [-0.2, -0.15) is 0 Å². The summed E-state index contributed by atoms with van der Waals surface area (Å²) in [6.07, 6.45) is 0.956. The van der Waals surface area contributed by atoms with Gasteiger partial charge in [-0.3, -0.25) is 4.79 Å². The van der Waals surface area contributed by atoms with E-state index in [1.54, 1.807) is 0 Å². The predicted molar refractivity (Wildman–Crippen MR) is 77.2 cm³/mol. The van der Waals surface area contributed by atoms with Crippen LogP contribution in [0.2, 0.25) is 0 Å². The van der Waals surface area contributed by atoms with E-state index in [0.29, 0.717) is 5.69 Å². The summed E-state index contributed by atoms with van der Waals surface area (Å²) >= 11 is 0. The fraction of sp³-hybridized carbons (Fsp3) is 0.214. The molecule has 0 fully saturated rings. The first kappa shape index (κ1) is 17.2. The first-order chi connectivity index (χ1) is 10.5. The number of amides is 1. The van der Waals surface area contributed by atoms with Crippen molar-refractivity contribution in [3.05, 3.63) is 41.6 Å². The van der Waals surface area contributed by atoms with E-state index in [1.165, 1.54) is 31.4 Å². The number of methoxy groups -OCH3 is 1. The molecule has 0 aromatic heterocycles. The highest BCUT2D eigenvalue weighted by atomic mass is 16.5. The van der Waals surface area contributed by atoms with Gasteiger partial charge in [-0.25, -0.2) is 9.59 Å². The fourth-order valence-corrected chi connectivity index (χ4v) is 1.45. The van der Waals surface area contributed by atoms with Gasteiger partial charge in [0.1, 0.15) is 5.70 Å². The highest BCUT2D eigenvalue weighted by Crippen LogP contribution is 2.12. The second kappa shape index (κ2) is 8.42. The number of aliphatic hydroxyl groups is 1. The van der Waals surface area contributed by atoms with Crippen molar-refractivity contribution in [2.24, 2.45) is 0 Å². The maximum atomic E-state index is 11.9. The molecule has 1 aromatic rings. The Morgan fingerprint density at radius 2 is 1.86 bits per heavy atom. The molecule has 0 heterocycles. The van der Waals surface area contributed by atoms with E-state index in [0.717, 1.165) is 6.08 Å². The summed E-state index contributed by atoms with van der Waals surface area (Å²) in [5.74, 6) is -2.41. The maximum absolute atomic E-state index is 11.9. The lowest BCUT2D eigenvalue weighted by Gasteiger charge is -2.11. The third kappa shape index (κ3) is 5.25. The van der Waals surface area contributed by atoms with Gasteiger partial charge in [-0.1, -0.05) is 0 Å². The zero-order valence-electron chi connectivity index (χ0n) is 11.8. The Kier molecular flexibility index (Phi) is 6.58. The monoisotopic (exact) mass is 308 g/mol. The van der Waals surface area contributed by atoms with Crippen LogP contribution in [0.4, 0.5) is 5.69 Å². The number of rotatable bonds is 7. The van der Waals surface area contributed by atoms with E-state index in [-0.39, 0.29) is 24.4 Å². The van der Waals surface area contributed by atoms with Crippen molar-refractivity contribution in [1.82, 2.24) is 5.32 Å². The Hall–Kier alpha value is -2.87. The van der Waals surface area contributed by atoms with Crippen molar-refractivity contribution in [3.63, 3.8) is 0 Å². The van der Waals surface area contributed by atoms with Crippen LogP contribution < -0.4 is 10.6 Å². The van der Waals surface area contributed by atoms with Crippen molar-refractivity contribution < 1.29 is 29.3 Å². The van der Waals surface area contributed by atoms with Gasteiger partial charge < -0.3 is 25.6 Å². The van der Waals surface area contributed by atoms with Crippen LogP contribution in [0.5, 0.6) is 0 Å². The molecule has 1 rings (SSSR count). The lowest BCUT2D eigenvalue weighted by Crippen LogP contribution is -2.31. The molecule has 1 amide bonds. The molecule has 0 bridgehead atoms. The second-order valence-electron chi connectivity index (χ2n) is 4.07. The minimum absolute atomic E-state index is 0.0248. The quantitative estimate of drug-likeness (QED) is 0.411.